The van der Waals surface area contributed by atoms with Crippen LogP contribution in [-0.4, -0.2) is 46.2 Å². The van der Waals surface area contributed by atoms with E-state index >= 15 is 0 Å². The van der Waals surface area contributed by atoms with Crippen LogP contribution >= 0.6 is 0 Å². The number of hydrogen-bond acceptors (Lipinski definition) is 5. The molecule has 0 radical (unpaired) electrons. The summed E-state index contributed by atoms with van der Waals surface area (Å²) in [7, 11) is 0. The average Bonchev–Trinajstić information content (AvgIpc) is 2.81. The first-order valence-corrected chi connectivity index (χ1v) is 9.11. The van der Waals surface area contributed by atoms with Crippen molar-refractivity contribution in [2.45, 2.75) is 83.0 Å². The molecule has 1 aliphatic heterocycles. The van der Waals surface area contributed by atoms with E-state index in [0.29, 0.717) is 5.57 Å². The normalized spacial score (nSPS) is 24.0. The Morgan fingerprint density at radius 3 is 2.21 bits per heavy atom. The number of unbranched alkanes of at least 4 members (excludes halogenated alkanes) is 8. The first-order chi connectivity index (χ1) is 11.6. The molecule has 0 amide bonds. The number of aliphatic hydroxyl groups is 3. The van der Waals surface area contributed by atoms with E-state index in [9.17, 15) is 9.90 Å². The fraction of sp³-hybridized carbons (Fsp3) is 0.737. The Labute approximate surface area is 145 Å². The van der Waals surface area contributed by atoms with E-state index in [1.54, 1.807) is 13.0 Å². The van der Waals surface area contributed by atoms with Gasteiger partial charge in [0.05, 0.1) is 18.3 Å². The molecule has 5 heteroatoms. The number of allylic oxidation sites excluding steroid dienone is 2. The summed E-state index contributed by atoms with van der Waals surface area (Å²) in [5, 5.41) is 27.6. The first-order valence-electron chi connectivity index (χ1n) is 9.11. The second kappa shape index (κ2) is 12.2. The molecule has 0 unspecified atom stereocenters. The lowest BCUT2D eigenvalue weighted by molar-refractivity contribution is -0.138. The van der Waals surface area contributed by atoms with Gasteiger partial charge in [-0.3, -0.25) is 0 Å². The topological polar surface area (TPSA) is 87.0 Å². The molecule has 0 aromatic carbocycles. The highest BCUT2D eigenvalue weighted by Gasteiger charge is 2.34. The monoisotopic (exact) mass is 340 g/mol. The molecule has 1 aliphatic rings. The molecule has 0 aromatic heterocycles. The maximum absolute atomic E-state index is 11.5. The third-order valence-electron chi connectivity index (χ3n) is 4.28. The smallest absolute Gasteiger partial charge is 0.336 e. The maximum Gasteiger partial charge on any atom is 0.336 e. The van der Waals surface area contributed by atoms with Gasteiger partial charge < -0.3 is 20.1 Å². The molecule has 1 heterocycles. The van der Waals surface area contributed by atoms with Gasteiger partial charge in [0.25, 0.3) is 0 Å². The predicted octanol–water partition coefficient (Wildman–Crippen LogP) is 2.64. The van der Waals surface area contributed by atoms with Gasteiger partial charge in [0.2, 0.25) is 0 Å². The Bertz CT molecular complexity index is 416. The van der Waals surface area contributed by atoms with Gasteiger partial charge in [0.15, 0.2) is 0 Å². The molecule has 0 saturated carbocycles. The molecule has 0 aromatic rings. The largest absolute Gasteiger partial charge is 0.456 e. The van der Waals surface area contributed by atoms with Crippen LogP contribution in [0.15, 0.2) is 23.8 Å². The van der Waals surface area contributed by atoms with Crippen LogP contribution in [0.1, 0.15) is 64.7 Å². The lowest BCUT2D eigenvalue weighted by Crippen LogP contribution is -2.17. The Hall–Kier alpha value is -1.17. The number of aliphatic hydroxyl groups excluding tert-OH is 3. The molecule has 0 spiro atoms. The molecular formula is C19H32O5. The molecular weight excluding hydrogens is 308 g/mol. The van der Waals surface area contributed by atoms with Crippen molar-refractivity contribution in [2.75, 3.05) is 6.61 Å². The molecule has 3 N–H and O–H groups in total. The standard InChI is InChI=1S/C19H32O5/c1-15-18(22)17(19(23)24-15)13-11-9-7-5-3-2-4-6-8-10-12-16(21)14-20/h10,12-13,15-16,18,20-22H,2-9,11,14H2,1H3/b12-10+,17-13-/t15-,16-,18-/m1/s1. The number of rotatable bonds is 12. The second-order valence-electron chi connectivity index (χ2n) is 6.45. The van der Waals surface area contributed by atoms with Gasteiger partial charge in [-0.25, -0.2) is 4.79 Å². The second-order valence-corrected chi connectivity index (χ2v) is 6.45. The average molecular weight is 340 g/mol. The summed E-state index contributed by atoms with van der Waals surface area (Å²) in [6.07, 6.45) is 13.3. The summed E-state index contributed by atoms with van der Waals surface area (Å²) >= 11 is 0. The fourth-order valence-corrected chi connectivity index (χ4v) is 2.74. The van der Waals surface area contributed by atoms with Gasteiger partial charge in [-0.05, 0) is 32.6 Å². The van der Waals surface area contributed by atoms with Crippen molar-refractivity contribution in [3.05, 3.63) is 23.8 Å². The van der Waals surface area contributed by atoms with Crippen molar-refractivity contribution < 1.29 is 24.9 Å². The van der Waals surface area contributed by atoms with E-state index in [1.807, 2.05) is 12.2 Å². The lowest BCUT2D eigenvalue weighted by Gasteiger charge is -2.04. The van der Waals surface area contributed by atoms with Crippen molar-refractivity contribution in [1.29, 1.82) is 0 Å². The highest BCUT2D eigenvalue weighted by molar-refractivity contribution is 5.92. The molecule has 1 fully saturated rings. The Kier molecular flexibility index (Phi) is 10.6. The predicted molar refractivity (Wildman–Crippen MR) is 93.4 cm³/mol. The summed E-state index contributed by atoms with van der Waals surface area (Å²) in [4.78, 5) is 11.5. The van der Waals surface area contributed by atoms with Crippen molar-refractivity contribution in [2.24, 2.45) is 0 Å². The zero-order valence-corrected chi connectivity index (χ0v) is 14.7. The molecule has 24 heavy (non-hydrogen) atoms. The van der Waals surface area contributed by atoms with E-state index in [4.69, 9.17) is 14.9 Å². The van der Waals surface area contributed by atoms with E-state index in [-0.39, 0.29) is 12.6 Å². The number of ether oxygens (including phenoxy) is 1. The highest BCUT2D eigenvalue weighted by atomic mass is 16.6. The van der Waals surface area contributed by atoms with Crippen LogP contribution in [0, 0.1) is 0 Å². The summed E-state index contributed by atoms with van der Waals surface area (Å²) < 4.78 is 4.97. The van der Waals surface area contributed by atoms with Gasteiger partial charge in [-0.1, -0.05) is 50.3 Å². The maximum atomic E-state index is 11.5. The van der Waals surface area contributed by atoms with Gasteiger partial charge in [-0.15, -0.1) is 0 Å². The van der Waals surface area contributed by atoms with Crippen LogP contribution in [-0.2, 0) is 9.53 Å². The number of cyclic esters (lactones) is 1. The van der Waals surface area contributed by atoms with Crippen LogP contribution in [0.4, 0.5) is 0 Å². The number of hydrogen-bond donors (Lipinski definition) is 3. The van der Waals surface area contributed by atoms with Gasteiger partial charge in [-0.2, -0.15) is 0 Å². The van der Waals surface area contributed by atoms with Gasteiger partial charge in [0.1, 0.15) is 12.2 Å². The Morgan fingerprint density at radius 2 is 1.67 bits per heavy atom. The summed E-state index contributed by atoms with van der Waals surface area (Å²) in [5.74, 6) is -0.379. The summed E-state index contributed by atoms with van der Waals surface area (Å²) in [6.45, 7) is 1.49. The van der Waals surface area contributed by atoms with Crippen molar-refractivity contribution >= 4 is 5.97 Å². The zero-order valence-electron chi connectivity index (χ0n) is 14.7. The van der Waals surface area contributed by atoms with Crippen molar-refractivity contribution in [3.8, 4) is 0 Å². The Balaban J connectivity index is 1.94. The number of carbonyl (C=O) groups excluding carboxylic acids is 1. The summed E-state index contributed by atoms with van der Waals surface area (Å²) in [5.41, 5.74) is 0.418. The highest BCUT2D eigenvalue weighted by Crippen LogP contribution is 2.22. The molecule has 5 nitrogen and oxygen atoms in total. The molecule has 1 saturated heterocycles. The Morgan fingerprint density at radius 1 is 1.08 bits per heavy atom. The number of esters is 1. The van der Waals surface area contributed by atoms with Crippen LogP contribution in [0.2, 0.25) is 0 Å². The van der Waals surface area contributed by atoms with Gasteiger partial charge in [0, 0.05) is 0 Å². The van der Waals surface area contributed by atoms with E-state index in [1.165, 1.54) is 25.7 Å². The van der Waals surface area contributed by atoms with Gasteiger partial charge >= 0.3 is 5.97 Å². The van der Waals surface area contributed by atoms with E-state index < -0.39 is 18.3 Å². The lowest BCUT2D eigenvalue weighted by atomic mass is 10.0. The van der Waals surface area contributed by atoms with E-state index in [2.05, 4.69) is 0 Å². The van der Waals surface area contributed by atoms with Crippen LogP contribution in [0.5, 0.6) is 0 Å². The minimum Gasteiger partial charge on any atom is -0.456 e. The quantitative estimate of drug-likeness (QED) is 0.220. The van der Waals surface area contributed by atoms with Crippen LogP contribution in [0.25, 0.3) is 0 Å². The minimum absolute atomic E-state index is 0.216. The molecule has 3 atom stereocenters. The fourth-order valence-electron chi connectivity index (χ4n) is 2.74. The minimum atomic E-state index is -0.773. The number of carbonyl (C=O) groups is 1. The molecule has 0 aliphatic carbocycles. The van der Waals surface area contributed by atoms with Crippen molar-refractivity contribution in [3.63, 3.8) is 0 Å². The molecule has 0 bridgehead atoms. The van der Waals surface area contributed by atoms with Crippen molar-refractivity contribution in [1.82, 2.24) is 0 Å². The first kappa shape index (κ1) is 20.9. The summed E-state index contributed by atoms with van der Waals surface area (Å²) in [6, 6.07) is 0. The molecule has 1 rings (SSSR count). The molecule has 138 valence electrons. The third-order valence-corrected chi connectivity index (χ3v) is 4.28. The van der Waals surface area contributed by atoms with E-state index in [0.717, 1.165) is 32.1 Å². The van der Waals surface area contributed by atoms with Crippen LogP contribution in [0.3, 0.4) is 0 Å². The third kappa shape index (κ3) is 8.08. The zero-order chi connectivity index (χ0) is 17.8. The SMILES string of the molecule is C[C@H]1OC(=O)/C(=C\CCCCCCCCC/C=C/[C@@H](O)CO)[C@@H]1O. The van der Waals surface area contributed by atoms with Crippen LogP contribution < -0.4 is 0 Å².